The number of hydrogen-bond acceptors (Lipinski definition) is 1. The smallest absolute Gasteiger partial charge is 1.00 e. The van der Waals surface area contributed by atoms with Crippen LogP contribution in [-0.4, -0.2) is 6.61 Å². The fraction of sp³-hybridized carbons (Fsp3) is 0.368. The maximum absolute atomic E-state index is 13.3. The Morgan fingerprint density at radius 2 is 1.60 bits per heavy atom. The van der Waals surface area contributed by atoms with Gasteiger partial charge in [-0.1, -0.05) is 37.6 Å². The van der Waals surface area contributed by atoms with Crippen LogP contribution in [0.3, 0.4) is 0 Å². The predicted octanol–water partition coefficient (Wildman–Crippen LogP) is 3.38. The molecule has 25 heavy (non-hydrogen) atoms. The van der Waals surface area contributed by atoms with Crippen LogP contribution in [0.15, 0.2) is 36.4 Å². The quantitative estimate of drug-likeness (QED) is 0.366. The van der Waals surface area contributed by atoms with Crippen molar-refractivity contribution in [3.05, 3.63) is 59.4 Å². The van der Waals surface area contributed by atoms with Crippen LogP contribution in [0.5, 0.6) is 0 Å². The third kappa shape index (κ3) is 5.76. The number of hydrogen-bond donors (Lipinski definition) is 0. The van der Waals surface area contributed by atoms with Crippen LogP contribution < -0.4 is 51.4 Å². The topological polar surface area (TPSA) is 9.23 Å². The summed E-state index contributed by atoms with van der Waals surface area (Å²) in [5, 5.41) is 0. The fourth-order valence-corrected chi connectivity index (χ4v) is 3.00. The molecule has 1 aliphatic heterocycles. The first-order valence-corrected chi connectivity index (χ1v) is 7.95. The second-order valence-corrected chi connectivity index (χ2v) is 6.05. The minimum absolute atomic E-state index is 0. The first-order chi connectivity index (χ1) is 11.1. The molecule has 0 amide bonds. The molecule has 1 saturated heterocycles. The molecule has 2 atom stereocenters. The summed E-state index contributed by atoms with van der Waals surface area (Å²) in [6, 6.07) is 9.41. The van der Waals surface area contributed by atoms with E-state index in [0.717, 1.165) is 43.6 Å². The van der Waals surface area contributed by atoms with Crippen LogP contribution in [0, 0.1) is 23.4 Å². The van der Waals surface area contributed by atoms with Gasteiger partial charge >= 0.3 is 51.4 Å². The molecule has 2 aromatic rings. The van der Waals surface area contributed by atoms with Gasteiger partial charge in [-0.25, -0.2) is 13.2 Å². The van der Waals surface area contributed by atoms with Gasteiger partial charge in [0.1, 0.15) is 0 Å². The molecule has 2 unspecified atom stereocenters. The standard InChI is InChI=1S/C19H19F3O.HI.K.H/c1-2-12-3-8-18(23-11-12)14-6-4-13(5-7-14)15-9-16(20)19(22)17(21)10-15;;;/h4-7,9-10,12,18H,2-3,8,11H2,1H3;1H;;/q;;+1;-1. The Balaban J connectivity index is 0.00000208. The number of ether oxygens (including phenoxy) is 1. The summed E-state index contributed by atoms with van der Waals surface area (Å²) >= 11 is 0. The zero-order valence-corrected chi connectivity index (χ0v) is 19.9. The molecule has 1 nitrogen and oxygen atoms in total. The Morgan fingerprint density at radius 3 is 2.08 bits per heavy atom. The van der Waals surface area contributed by atoms with Crippen molar-refractivity contribution in [1.82, 2.24) is 0 Å². The second-order valence-electron chi connectivity index (χ2n) is 6.05. The summed E-state index contributed by atoms with van der Waals surface area (Å²) in [4.78, 5) is 0. The maximum Gasteiger partial charge on any atom is 1.00 e. The Hall–Kier alpha value is 0.556. The summed E-state index contributed by atoms with van der Waals surface area (Å²) in [5.74, 6) is -3.15. The third-order valence-corrected chi connectivity index (χ3v) is 4.55. The zero-order valence-electron chi connectivity index (χ0n) is 15.4. The largest absolute Gasteiger partial charge is 1.00 e. The molecule has 3 rings (SSSR count). The van der Waals surface area contributed by atoms with Gasteiger partial charge in [0, 0.05) is 0 Å². The van der Waals surface area contributed by atoms with Crippen molar-refractivity contribution in [2.75, 3.05) is 6.61 Å². The Kier molecular flexibility index (Phi) is 10.2. The van der Waals surface area contributed by atoms with Crippen LogP contribution in [0.25, 0.3) is 11.1 Å². The average molecular weight is 488 g/mol. The Labute approximate surface area is 207 Å². The zero-order chi connectivity index (χ0) is 16.4. The van der Waals surface area contributed by atoms with Crippen molar-refractivity contribution in [2.45, 2.75) is 32.3 Å². The minimum atomic E-state index is -1.44. The van der Waals surface area contributed by atoms with Gasteiger partial charge in [0.25, 0.3) is 0 Å². The van der Waals surface area contributed by atoms with E-state index in [0.29, 0.717) is 17.0 Å². The molecule has 1 heterocycles. The molecule has 0 spiro atoms. The van der Waals surface area contributed by atoms with Crippen molar-refractivity contribution in [1.29, 1.82) is 0 Å². The molecule has 0 radical (unpaired) electrons. The van der Waals surface area contributed by atoms with E-state index in [2.05, 4.69) is 6.92 Å². The minimum Gasteiger partial charge on any atom is -1.00 e. The van der Waals surface area contributed by atoms with E-state index in [1.807, 2.05) is 12.1 Å². The molecule has 0 N–H and O–H groups in total. The SMILES string of the molecule is CCC1CCC(c2ccc(-c3cc(F)c(F)c(F)c3)cc2)OC1.I.[H-].[K+]. The van der Waals surface area contributed by atoms with Crippen LogP contribution in [-0.2, 0) is 4.74 Å². The molecule has 2 aromatic carbocycles. The summed E-state index contributed by atoms with van der Waals surface area (Å²) in [7, 11) is 0. The van der Waals surface area contributed by atoms with Gasteiger partial charge in [-0.15, -0.1) is 24.0 Å². The predicted molar refractivity (Wildman–Crippen MR) is 100.0 cm³/mol. The van der Waals surface area contributed by atoms with Crippen LogP contribution in [0.4, 0.5) is 13.2 Å². The molecule has 0 bridgehead atoms. The number of benzene rings is 2. The molecule has 1 aliphatic rings. The fourth-order valence-electron chi connectivity index (χ4n) is 3.00. The third-order valence-electron chi connectivity index (χ3n) is 4.55. The average Bonchev–Trinajstić information content (AvgIpc) is 2.59. The van der Waals surface area contributed by atoms with Gasteiger partial charge in [-0.3, -0.25) is 0 Å². The van der Waals surface area contributed by atoms with Gasteiger partial charge in [0.05, 0.1) is 12.7 Å². The number of halogens is 4. The summed E-state index contributed by atoms with van der Waals surface area (Å²) in [6.45, 7) is 2.95. The summed E-state index contributed by atoms with van der Waals surface area (Å²) in [6.07, 6.45) is 3.34. The molecule has 132 valence electrons. The second kappa shape index (κ2) is 10.8. The van der Waals surface area contributed by atoms with Gasteiger partial charge in [-0.2, -0.15) is 0 Å². The van der Waals surface area contributed by atoms with E-state index < -0.39 is 17.5 Å². The normalized spacial score (nSPS) is 19.7. The monoisotopic (exact) mass is 488 g/mol. The van der Waals surface area contributed by atoms with Gasteiger partial charge in [0.15, 0.2) is 17.5 Å². The molecule has 0 saturated carbocycles. The Bertz CT molecular complexity index is 669. The van der Waals surface area contributed by atoms with Crippen LogP contribution >= 0.6 is 24.0 Å². The van der Waals surface area contributed by atoms with Crippen molar-refractivity contribution in [3.63, 3.8) is 0 Å². The van der Waals surface area contributed by atoms with E-state index in [-0.39, 0.29) is 82.9 Å². The molecule has 6 heteroatoms. The molecule has 0 aliphatic carbocycles. The van der Waals surface area contributed by atoms with Gasteiger partial charge in [-0.05, 0) is 47.6 Å². The van der Waals surface area contributed by atoms with E-state index >= 15 is 0 Å². The molecular weight excluding hydrogens is 467 g/mol. The summed E-state index contributed by atoms with van der Waals surface area (Å²) in [5.41, 5.74) is 2.03. The van der Waals surface area contributed by atoms with Gasteiger partial charge < -0.3 is 6.16 Å². The Morgan fingerprint density at radius 1 is 1.00 bits per heavy atom. The molecular formula is C19H21F3IKO. The van der Waals surface area contributed by atoms with Crippen molar-refractivity contribution < 1.29 is 70.7 Å². The van der Waals surface area contributed by atoms with E-state index in [1.54, 1.807) is 12.1 Å². The van der Waals surface area contributed by atoms with Crippen molar-refractivity contribution >= 4 is 24.0 Å². The summed E-state index contributed by atoms with van der Waals surface area (Å²) < 4.78 is 45.6. The first kappa shape index (κ1) is 23.6. The van der Waals surface area contributed by atoms with Gasteiger partial charge in [0.2, 0.25) is 0 Å². The van der Waals surface area contributed by atoms with Crippen LogP contribution in [0.1, 0.15) is 39.3 Å². The molecule has 1 fully saturated rings. The first-order valence-electron chi connectivity index (χ1n) is 7.95. The van der Waals surface area contributed by atoms with E-state index in [1.165, 1.54) is 0 Å². The van der Waals surface area contributed by atoms with Crippen molar-refractivity contribution in [2.24, 2.45) is 5.92 Å². The van der Waals surface area contributed by atoms with E-state index in [4.69, 9.17) is 4.74 Å². The van der Waals surface area contributed by atoms with Crippen molar-refractivity contribution in [3.8, 4) is 11.1 Å². The number of rotatable bonds is 3. The molecule has 0 aromatic heterocycles. The van der Waals surface area contributed by atoms with E-state index in [9.17, 15) is 13.2 Å². The maximum atomic E-state index is 13.3. The van der Waals surface area contributed by atoms with Crippen LogP contribution in [0.2, 0.25) is 0 Å².